The Balaban J connectivity index is 1.99. The van der Waals surface area contributed by atoms with Crippen molar-refractivity contribution >= 4 is 5.82 Å². The van der Waals surface area contributed by atoms with Gasteiger partial charge in [-0.3, -0.25) is 4.98 Å². The Kier molecular flexibility index (Phi) is 3.46. The predicted octanol–water partition coefficient (Wildman–Crippen LogP) is 1.55. The topological polar surface area (TPSA) is 63.8 Å². The van der Waals surface area contributed by atoms with Crippen LogP contribution in [0.3, 0.4) is 0 Å². The van der Waals surface area contributed by atoms with E-state index in [2.05, 4.69) is 15.3 Å². The smallest absolute Gasteiger partial charge is 0.126 e. The molecule has 0 fully saturated rings. The molecule has 2 aromatic rings. The third kappa shape index (κ3) is 2.77. The highest BCUT2D eigenvalue weighted by molar-refractivity contribution is 5.34. The number of nitrogens with zero attached hydrogens (tertiary/aromatic N) is 2. The third-order valence-electron chi connectivity index (χ3n) is 2.23. The number of pyridine rings is 2. The lowest BCUT2D eigenvalue weighted by Crippen LogP contribution is -2.04. The first-order valence-corrected chi connectivity index (χ1v) is 5.17. The van der Waals surface area contributed by atoms with Crippen LogP contribution in [0.5, 0.6) is 0 Å². The standard InChI is InChI=1S/C12H14N4/c13-8-10-4-6-14-11(7-10)9-16-12-3-1-2-5-15-12/h1-7H,8-9,13H2,(H,15,16). The van der Waals surface area contributed by atoms with Crippen molar-refractivity contribution in [3.05, 3.63) is 54.0 Å². The summed E-state index contributed by atoms with van der Waals surface area (Å²) < 4.78 is 0. The fraction of sp³-hybridized carbons (Fsp3) is 0.167. The van der Waals surface area contributed by atoms with E-state index in [4.69, 9.17) is 5.73 Å². The molecule has 0 atom stereocenters. The highest BCUT2D eigenvalue weighted by atomic mass is 15.0. The van der Waals surface area contributed by atoms with E-state index in [-0.39, 0.29) is 0 Å². The van der Waals surface area contributed by atoms with Crippen LogP contribution in [-0.2, 0) is 13.1 Å². The molecule has 0 aliphatic carbocycles. The summed E-state index contributed by atoms with van der Waals surface area (Å²) in [6.07, 6.45) is 3.53. The molecule has 0 spiro atoms. The van der Waals surface area contributed by atoms with Crippen LogP contribution in [0.15, 0.2) is 42.7 Å². The highest BCUT2D eigenvalue weighted by Gasteiger charge is 1.97. The van der Waals surface area contributed by atoms with Gasteiger partial charge in [0.25, 0.3) is 0 Å². The minimum atomic E-state index is 0.541. The van der Waals surface area contributed by atoms with Crippen molar-refractivity contribution < 1.29 is 0 Å². The highest BCUT2D eigenvalue weighted by Crippen LogP contribution is 2.05. The van der Waals surface area contributed by atoms with Crippen molar-refractivity contribution in [2.75, 3.05) is 5.32 Å². The molecule has 0 unspecified atom stereocenters. The molecule has 2 heterocycles. The third-order valence-corrected chi connectivity index (χ3v) is 2.23. The number of anilines is 1. The molecule has 3 N–H and O–H groups in total. The van der Waals surface area contributed by atoms with Gasteiger partial charge in [0.1, 0.15) is 5.82 Å². The number of aromatic nitrogens is 2. The van der Waals surface area contributed by atoms with Gasteiger partial charge >= 0.3 is 0 Å². The summed E-state index contributed by atoms with van der Waals surface area (Å²) in [6, 6.07) is 9.67. The molecule has 4 heteroatoms. The second-order valence-corrected chi connectivity index (χ2v) is 3.43. The van der Waals surface area contributed by atoms with E-state index in [1.807, 2.05) is 30.3 Å². The van der Waals surface area contributed by atoms with Crippen molar-refractivity contribution in [1.82, 2.24) is 9.97 Å². The average Bonchev–Trinajstić information content (AvgIpc) is 2.38. The molecule has 0 radical (unpaired) electrons. The largest absolute Gasteiger partial charge is 0.364 e. The van der Waals surface area contributed by atoms with E-state index in [1.54, 1.807) is 12.4 Å². The lowest BCUT2D eigenvalue weighted by atomic mass is 10.2. The fourth-order valence-electron chi connectivity index (χ4n) is 1.40. The number of nitrogens with two attached hydrogens (primary N) is 1. The van der Waals surface area contributed by atoms with E-state index in [0.717, 1.165) is 17.1 Å². The van der Waals surface area contributed by atoms with Gasteiger partial charge in [-0.05, 0) is 29.8 Å². The van der Waals surface area contributed by atoms with Crippen LogP contribution in [0.4, 0.5) is 5.82 Å². The van der Waals surface area contributed by atoms with Gasteiger partial charge in [-0.25, -0.2) is 4.98 Å². The zero-order valence-corrected chi connectivity index (χ0v) is 8.93. The van der Waals surface area contributed by atoms with E-state index in [0.29, 0.717) is 13.1 Å². The van der Waals surface area contributed by atoms with Gasteiger partial charge in [-0.2, -0.15) is 0 Å². The molecule has 16 heavy (non-hydrogen) atoms. The quantitative estimate of drug-likeness (QED) is 0.810. The molecule has 0 aliphatic rings. The van der Waals surface area contributed by atoms with Crippen LogP contribution in [0.25, 0.3) is 0 Å². The van der Waals surface area contributed by atoms with E-state index >= 15 is 0 Å². The maximum absolute atomic E-state index is 5.57. The molecule has 0 saturated carbocycles. The molecule has 2 aromatic heterocycles. The number of hydrogen-bond acceptors (Lipinski definition) is 4. The normalized spacial score (nSPS) is 10.1. The molecular weight excluding hydrogens is 200 g/mol. The van der Waals surface area contributed by atoms with E-state index in [1.165, 1.54) is 0 Å². The Morgan fingerprint density at radius 3 is 2.81 bits per heavy atom. The molecular formula is C12H14N4. The van der Waals surface area contributed by atoms with Crippen molar-refractivity contribution in [3.8, 4) is 0 Å². The van der Waals surface area contributed by atoms with Gasteiger partial charge in [0, 0.05) is 18.9 Å². The number of rotatable bonds is 4. The van der Waals surface area contributed by atoms with Crippen LogP contribution in [0.1, 0.15) is 11.3 Å². The summed E-state index contributed by atoms with van der Waals surface area (Å²) in [5.41, 5.74) is 7.62. The van der Waals surface area contributed by atoms with Crippen molar-refractivity contribution in [1.29, 1.82) is 0 Å². The molecule has 0 aromatic carbocycles. The summed E-state index contributed by atoms with van der Waals surface area (Å²) in [5.74, 6) is 0.849. The average molecular weight is 214 g/mol. The molecule has 2 rings (SSSR count). The predicted molar refractivity (Wildman–Crippen MR) is 63.7 cm³/mol. The van der Waals surface area contributed by atoms with Crippen LogP contribution in [0.2, 0.25) is 0 Å². The summed E-state index contributed by atoms with van der Waals surface area (Å²) in [4.78, 5) is 8.43. The fourth-order valence-corrected chi connectivity index (χ4v) is 1.40. The van der Waals surface area contributed by atoms with Crippen LogP contribution in [-0.4, -0.2) is 9.97 Å². The van der Waals surface area contributed by atoms with Crippen molar-refractivity contribution in [2.24, 2.45) is 5.73 Å². The minimum Gasteiger partial charge on any atom is -0.364 e. The minimum absolute atomic E-state index is 0.541. The maximum Gasteiger partial charge on any atom is 0.126 e. The second kappa shape index (κ2) is 5.23. The molecule has 0 amide bonds. The van der Waals surface area contributed by atoms with Gasteiger partial charge in [-0.15, -0.1) is 0 Å². The van der Waals surface area contributed by atoms with Crippen LogP contribution >= 0.6 is 0 Å². The summed E-state index contributed by atoms with van der Waals surface area (Å²) in [6.45, 7) is 1.20. The first kappa shape index (κ1) is 10.6. The van der Waals surface area contributed by atoms with Crippen LogP contribution < -0.4 is 11.1 Å². The SMILES string of the molecule is NCc1ccnc(CNc2ccccn2)c1. The lowest BCUT2D eigenvalue weighted by Gasteiger charge is -2.05. The van der Waals surface area contributed by atoms with Crippen molar-refractivity contribution in [2.45, 2.75) is 13.1 Å². The number of nitrogens with one attached hydrogen (secondary N) is 1. The molecule has 0 saturated heterocycles. The summed E-state index contributed by atoms with van der Waals surface area (Å²) in [5, 5.41) is 3.20. The van der Waals surface area contributed by atoms with Gasteiger partial charge in [0.2, 0.25) is 0 Å². The van der Waals surface area contributed by atoms with E-state index in [9.17, 15) is 0 Å². The number of hydrogen-bond donors (Lipinski definition) is 2. The Bertz CT molecular complexity index is 442. The molecule has 4 nitrogen and oxygen atoms in total. The second-order valence-electron chi connectivity index (χ2n) is 3.43. The maximum atomic E-state index is 5.57. The van der Waals surface area contributed by atoms with Gasteiger partial charge in [0.15, 0.2) is 0 Å². The Morgan fingerprint density at radius 2 is 2.06 bits per heavy atom. The van der Waals surface area contributed by atoms with Gasteiger partial charge < -0.3 is 11.1 Å². The van der Waals surface area contributed by atoms with Gasteiger partial charge in [-0.1, -0.05) is 6.07 Å². The molecule has 0 aliphatic heterocycles. The molecule has 82 valence electrons. The summed E-state index contributed by atoms with van der Waals surface area (Å²) in [7, 11) is 0. The Labute approximate surface area is 94.5 Å². The first-order chi connectivity index (χ1) is 7.88. The summed E-state index contributed by atoms with van der Waals surface area (Å²) >= 11 is 0. The zero-order chi connectivity index (χ0) is 11.2. The first-order valence-electron chi connectivity index (χ1n) is 5.17. The van der Waals surface area contributed by atoms with Gasteiger partial charge in [0.05, 0.1) is 12.2 Å². The Morgan fingerprint density at radius 1 is 1.12 bits per heavy atom. The van der Waals surface area contributed by atoms with E-state index < -0.39 is 0 Å². The monoisotopic (exact) mass is 214 g/mol. The Hall–Kier alpha value is -1.94. The molecule has 0 bridgehead atoms. The van der Waals surface area contributed by atoms with Crippen LogP contribution in [0, 0.1) is 0 Å². The lowest BCUT2D eigenvalue weighted by molar-refractivity contribution is 0.990. The van der Waals surface area contributed by atoms with Crippen molar-refractivity contribution in [3.63, 3.8) is 0 Å². The zero-order valence-electron chi connectivity index (χ0n) is 8.93.